The van der Waals surface area contributed by atoms with Gasteiger partial charge in [0.05, 0.1) is 11.2 Å². The molecule has 1 aliphatic carbocycles. The Bertz CT molecular complexity index is 931. The first-order valence-corrected chi connectivity index (χ1v) is 9.08. The number of carbonyl (C=O) groups is 1. The second-order valence-electron chi connectivity index (χ2n) is 7.06. The molecule has 8 heteroatoms. The summed E-state index contributed by atoms with van der Waals surface area (Å²) in [6.45, 7) is 6.31. The van der Waals surface area contributed by atoms with Gasteiger partial charge in [-0.25, -0.2) is 9.18 Å². The van der Waals surface area contributed by atoms with Gasteiger partial charge in [0.25, 0.3) is 0 Å². The Kier molecular flexibility index (Phi) is 5.21. The van der Waals surface area contributed by atoms with E-state index in [9.17, 15) is 19.1 Å². The number of hydrogen-bond donors (Lipinski definition) is 1. The highest BCUT2D eigenvalue weighted by Crippen LogP contribution is 2.38. The summed E-state index contributed by atoms with van der Waals surface area (Å²) >= 11 is 0. The first-order valence-electron chi connectivity index (χ1n) is 9.08. The lowest BCUT2D eigenvalue weighted by molar-refractivity contribution is 0.0695. The minimum atomic E-state index is -1.27. The fourth-order valence-corrected chi connectivity index (χ4v) is 3.71. The monoisotopic (exact) mass is 377 g/mol. The minimum absolute atomic E-state index is 0. The summed E-state index contributed by atoms with van der Waals surface area (Å²) in [6, 6.07) is 3.12. The number of carboxylic acids is 1. The van der Waals surface area contributed by atoms with Crippen LogP contribution in [0, 0.1) is 5.82 Å². The number of rotatable bonds is 4. The number of piperazine rings is 1. The lowest BCUT2D eigenvalue weighted by atomic mass is 10.1. The van der Waals surface area contributed by atoms with Crippen LogP contribution in [-0.2, 0) is 0 Å². The van der Waals surface area contributed by atoms with E-state index in [1.807, 2.05) is 9.47 Å². The van der Waals surface area contributed by atoms with Crippen molar-refractivity contribution in [2.45, 2.75) is 25.8 Å². The molecule has 146 valence electrons. The Morgan fingerprint density at radius 3 is 2.44 bits per heavy atom. The topological polar surface area (TPSA) is 97.3 Å². The minimum Gasteiger partial charge on any atom is -0.477 e. The van der Waals surface area contributed by atoms with Crippen LogP contribution in [0.5, 0.6) is 0 Å². The number of carboxylic acid groups (broad SMARTS) is 1. The number of halogens is 1. The zero-order valence-corrected chi connectivity index (χ0v) is 15.2. The van der Waals surface area contributed by atoms with Crippen molar-refractivity contribution in [1.29, 1.82) is 0 Å². The third-order valence-corrected chi connectivity index (χ3v) is 5.43. The number of pyridine rings is 1. The number of fused-ring (bicyclic) bond motifs is 1. The smallest absolute Gasteiger partial charge is 0.341 e. The summed E-state index contributed by atoms with van der Waals surface area (Å²) in [4.78, 5) is 28.2. The number of aromatic carboxylic acids is 1. The first-order chi connectivity index (χ1) is 12.5. The normalized spacial score (nSPS) is 17.8. The van der Waals surface area contributed by atoms with Crippen LogP contribution in [0.25, 0.3) is 10.9 Å². The Morgan fingerprint density at radius 1 is 1.22 bits per heavy atom. The van der Waals surface area contributed by atoms with Gasteiger partial charge < -0.3 is 24.9 Å². The van der Waals surface area contributed by atoms with Crippen molar-refractivity contribution in [1.82, 2.24) is 9.47 Å². The predicted molar refractivity (Wildman–Crippen MR) is 101 cm³/mol. The van der Waals surface area contributed by atoms with Crippen molar-refractivity contribution < 1.29 is 19.8 Å². The molecule has 2 aliphatic rings. The van der Waals surface area contributed by atoms with Gasteiger partial charge in [-0.3, -0.25) is 4.79 Å². The summed E-state index contributed by atoms with van der Waals surface area (Å²) in [5.74, 6) is -1.74. The first kappa shape index (κ1) is 19.3. The van der Waals surface area contributed by atoms with Crippen LogP contribution in [0.3, 0.4) is 0 Å². The van der Waals surface area contributed by atoms with Gasteiger partial charge in [0, 0.05) is 43.8 Å². The highest BCUT2D eigenvalue weighted by atomic mass is 19.1. The Morgan fingerprint density at radius 2 is 1.89 bits per heavy atom. The van der Waals surface area contributed by atoms with E-state index < -0.39 is 17.2 Å². The second-order valence-corrected chi connectivity index (χ2v) is 7.06. The SMILES string of the molecule is CCN1CCN(c2cc3c(cc2F)c(=O)c(C(=O)O)cn3C2CC2)CC1.O. The molecule has 27 heavy (non-hydrogen) atoms. The molecule has 0 spiro atoms. The number of benzene rings is 1. The Hall–Kier alpha value is -2.45. The molecule has 1 aliphatic heterocycles. The molecule has 1 aromatic carbocycles. The van der Waals surface area contributed by atoms with Crippen molar-refractivity contribution in [2.24, 2.45) is 0 Å². The lowest BCUT2D eigenvalue weighted by Crippen LogP contribution is -2.46. The van der Waals surface area contributed by atoms with Crippen LogP contribution in [0.15, 0.2) is 23.1 Å². The Balaban J connectivity index is 0.00000210. The fraction of sp³-hybridized carbons (Fsp3) is 0.474. The third-order valence-electron chi connectivity index (χ3n) is 5.43. The molecule has 2 aromatic rings. The molecule has 1 aromatic heterocycles. The van der Waals surface area contributed by atoms with Crippen molar-refractivity contribution >= 4 is 22.6 Å². The summed E-state index contributed by atoms with van der Waals surface area (Å²) < 4.78 is 16.6. The van der Waals surface area contributed by atoms with Gasteiger partial charge >= 0.3 is 5.97 Å². The highest BCUT2D eigenvalue weighted by Gasteiger charge is 2.28. The lowest BCUT2D eigenvalue weighted by Gasteiger charge is -2.35. The average molecular weight is 377 g/mol. The van der Waals surface area contributed by atoms with E-state index in [4.69, 9.17) is 0 Å². The standard InChI is InChI=1S/C19H22FN3O3.H2O/c1-2-21-5-7-22(8-6-21)17-10-16-13(9-15(17)20)18(24)14(19(25)26)11-23(16)12-3-4-12;/h9-12H,2-8H2,1H3,(H,25,26);1H2. The molecule has 0 bridgehead atoms. The number of aromatic nitrogens is 1. The van der Waals surface area contributed by atoms with Crippen molar-refractivity contribution in [3.05, 3.63) is 39.9 Å². The molecular formula is C19H24FN3O4. The summed E-state index contributed by atoms with van der Waals surface area (Å²) in [6.07, 6.45) is 3.30. The molecule has 0 amide bonds. The molecule has 4 rings (SSSR count). The number of hydrogen-bond acceptors (Lipinski definition) is 4. The van der Waals surface area contributed by atoms with Crippen molar-refractivity contribution in [2.75, 3.05) is 37.6 Å². The van der Waals surface area contributed by atoms with Gasteiger partial charge in [-0.1, -0.05) is 6.92 Å². The second kappa shape index (κ2) is 7.28. The van der Waals surface area contributed by atoms with E-state index >= 15 is 0 Å². The number of anilines is 1. The highest BCUT2D eigenvalue weighted by molar-refractivity contribution is 5.93. The maximum absolute atomic E-state index is 14.8. The quantitative estimate of drug-likeness (QED) is 0.871. The van der Waals surface area contributed by atoms with Crippen molar-refractivity contribution in [3.63, 3.8) is 0 Å². The van der Waals surface area contributed by atoms with Crippen molar-refractivity contribution in [3.8, 4) is 0 Å². The maximum atomic E-state index is 14.8. The van der Waals surface area contributed by atoms with E-state index in [0.717, 1.165) is 45.6 Å². The zero-order chi connectivity index (χ0) is 18.4. The summed E-state index contributed by atoms with van der Waals surface area (Å²) in [5.41, 5.74) is 0.195. The largest absolute Gasteiger partial charge is 0.477 e. The molecule has 2 heterocycles. The van der Waals surface area contributed by atoms with Crippen LogP contribution in [0.2, 0.25) is 0 Å². The van der Waals surface area contributed by atoms with Gasteiger partial charge in [-0.15, -0.1) is 0 Å². The van der Waals surface area contributed by atoms with E-state index in [1.165, 1.54) is 12.3 Å². The third kappa shape index (κ3) is 3.42. The van der Waals surface area contributed by atoms with Crippen LogP contribution in [-0.4, -0.2) is 58.7 Å². The van der Waals surface area contributed by atoms with E-state index in [-0.39, 0.29) is 22.5 Å². The zero-order valence-electron chi connectivity index (χ0n) is 15.2. The van der Waals surface area contributed by atoms with Crippen LogP contribution in [0.4, 0.5) is 10.1 Å². The van der Waals surface area contributed by atoms with Gasteiger partial charge in [0.2, 0.25) is 5.43 Å². The van der Waals surface area contributed by atoms with Gasteiger partial charge in [0.1, 0.15) is 11.4 Å². The van der Waals surface area contributed by atoms with Crippen LogP contribution in [0.1, 0.15) is 36.2 Å². The van der Waals surface area contributed by atoms with Crippen LogP contribution >= 0.6 is 0 Å². The summed E-state index contributed by atoms with van der Waals surface area (Å²) in [5, 5.41) is 9.45. The molecular weight excluding hydrogens is 353 g/mol. The van der Waals surface area contributed by atoms with E-state index in [2.05, 4.69) is 11.8 Å². The number of likely N-dealkylation sites (N-methyl/N-ethyl adjacent to an activating group) is 1. The predicted octanol–water partition coefficient (Wildman–Crippen LogP) is 1.49. The molecule has 3 N–H and O–H groups in total. The molecule has 0 atom stereocenters. The fourth-order valence-electron chi connectivity index (χ4n) is 3.71. The molecule has 2 fully saturated rings. The maximum Gasteiger partial charge on any atom is 0.341 e. The molecule has 1 saturated carbocycles. The van der Waals surface area contributed by atoms with E-state index in [0.29, 0.717) is 11.2 Å². The Labute approximate surface area is 155 Å². The molecule has 7 nitrogen and oxygen atoms in total. The van der Waals surface area contributed by atoms with E-state index in [1.54, 1.807) is 6.07 Å². The van der Waals surface area contributed by atoms with Gasteiger partial charge in [0.15, 0.2) is 0 Å². The molecule has 0 unspecified atom stereocenters. The average Bonchev–Trinajstić information content (AvgIpc) is 3.47. The van der Waals surface area contributed by atoms with Gasteiger partial charge in [-0.2, -0.15) is 0 Å². The molecule has 0 radical (unpaired) electrons. The number of nitrogens with zero attached hydrogens (tertiary/aromatic N) is 3. The van der Waals surface area contributed by atoms with Gasteiger partial charge in [-0.05, 0) is 31.5 Å². The van der Waals surface area contributed by atoms with Crippen LogP contribution < -0.4 is 10.3 Å². The molecule has 1 saturated heterocycles. The summed E-state index contributed by atoms with van der Waals surface area (Å²) in [7, 11) is 0.